The van der Waals surface area contributed by atoms with Gasteiger partial charge in [0.15, 0.2) is 0 Å². The van der Waals surface area contributed by atoms with Crippen molar-refractivity contribution >= 4 is 5.91 Å². The van der Waals surface area contributed by atoms with Crippen molar-refractivity contribution in [3.8, 4) is 5.69 Å². The molecule has 0 bridgehead atoms. The number of pyridine rings is 1. The zero-order chi connectivity index (χ0) is 19.3. The quantitative estimate of drug-likeness (QED) is 0.513. The second-order valence-electron chi connectivity index (χ2n) is 6.49. The second kappa shape index (κ2) is 7.92. The molecule has 0 aliphatic heterocycles. The van der Waals surface area contributed by atoms with Gasteiger partial charge in [-0.25, -0.2) is 4.68 Å². The number of aromatic nitrogens is 3. The summed E-state index contributed by atoms with van der Waals surface area (Å²) in [4.78, 5) is 19.2. The summed E-state index contributed by atoms with van der Waals surface area (Å²) in [5.41, 5.74) is 3.24. The van der Waals surface area contributed by atoms with Crippen LogP contribution in [0.1, 0.15) is 27.4 Å². The second-order valence-corrected chi connectivity index (χ2v) is 6.49. The van der Waals surface area contributed by atoms with Crippen molar-refractivity contribution in [2.24, 2.45) is 0 Å². The Morgan fingerprint density at radius 1 is 1.04 bits per heavy atom. The SMILES string of the molecule is Cc1c(C(=O)N(Cc2cccnc2)Cc2ccco2)cnn1-c1ccccc1. The molecule has 0 saturated heterocycles. The fraction of sp³-hybridized carbons (Fsp3) is 0.136. The van der Waals surface area contributed by atoms with Crippen LogP contribution >= 0.6 is 0 Å². The van der Waals surface area contributed by atoms with Gasteiger partial charge in [0.05, 0.1) is 35.9 Å². The number of hydrogen-bond donors (Lipinski definition) is 0. The van der Waals surface area contributed by atoms with Crippen LogP contribution in [-0.4, -0.2) is 25.6 Å². The lowest BCUT2D eigenvalue weighted by atomic mass is 10.2. The number of hydrogen-bond acceptors (Lipinski definition) is 4. The minimum Gasteiger partial charge on any atom is -0.467 e. The largest absolute Gasteiger partial charge is 0.467 e. The lowest BCUT2D eigenvalue weighted by Crippen LogP contribution is -2.30. The summed E-state index contributed by atoms with van der Waals surface area (Å²) in [5, 5.41) is 4.43. The first-order chi connectivity index (χ1) is 13.7. The summed E-state index contributed by atoms with van der Waals surface area (Å²) in [5.74, 6) is 0.630. The van der Waals surface area contributed by atoms with E-state index in [9.17, 15) is 4.79 Å². The molecule has 6 nitrogen and oxygen atoms in total. The van der Waals surface area contributed by atoms with Crippen LogP contribution in [0.3, 0.4) is 0 Å². The van der Waals surface area contributed by atoms with Crippen LogP contribution in [0.2, 0.25) is 0 Å². The van der Waals surface area contributed by atoms with Gasteiger partial charge in [-0.1, -0.05) is 24.3 Å². The van der Waals surface area contributed by atoms with Crippen LogP contribution < -0.4 is 0 Å². The summed E-state index contributed by atoms with van der Waals surface area (Å²) in [6.45, 7) is 2.71. The number of nitrogens with zero attached hydrogens (tertiary/aromatic N) is 4. The Hall–Kier alpha value is -3.67. The number of amides is 1. The minimum absolute atomic E-state index is 0.0973. The first-order valence-corrected chi connectivity index (χ1v) is 9.03. The maximum Gasteiger partial charge on any atom is 0.258 e. The molecule has 4 aromatic rings. The predicted molar refractivity (Wildman–Crippen MR) is 105 cm³/mol. The summed E-state index contributed by atoms with van der Waals surface area (Å²) >= 11 is 0. The van der Waals surface area contributed by atoms with E-state index in [1.807, 2.05) is 61.5 Å². The molecule has 1 aromatic carbocycles. The Bertz CT molecular complexity index is 1040. The zero-order valence-electron chi connectivity index (χ0n) is 15.5. The first kappa shape index (κ1) is 17.7. The van der Waals surface area contributed by atoms with Gasteiger partial charge in [0.1, 0.15) is 5.76 Å². The lowest BCUT2D eigenvalue weighted by Gasteiger charge is -2.21. The fourth-order valence-electron chi connectivity index (χ4n) is 3.12. The molecular formula is C22H20N4O2. The lowest BCUT2D eigenvalue weighted by molar-refractivity contribution is 0.0716. The number of furan rings is 1. The van der Waals surface area contributed by atoms with Crippen LogP contribution in [0.5, 0.6) is 0 Å². The summed E-state index contributed by atoms with van der Waals surface area (Å²) in [6, 6.07) is 17.3. The Labute approximate surface area is 163 Å². The van der Waals surface area contributed by atoms with Crippen LogP contribution in [0.15, 0.2) is 83.9 Å². The van der Waals surface area contributed by atoms with E-state index in [0.29, 0.717) is 18.7 Å². The van der Waals surface area contributed by atoms with Crippen molar-refractivity contribution in [1.29, 1.82) is 0 Å². The molecule has 0 radical (unpaired) electrons. The molecular weight excluding hydrogens is 352 g/mol. The maximum atomic E-state index is 13.4. The zero-order valence-corrected chi connectivity index (χ0v) is 15.5. The van der Waals surface area contributed by atoms with Gasteiger partial charge in [-0.3, -0.25) is 9.78 Å². The molecule has 0 fully saturated rings. The molecule has 28 heavy (non-hydrogen) atoms. The highest BCUT2D eigenvalue weighted by Crippen LogP contribution is 2.19. The summed E-state index contributed by atoms with van der Waals surface area (Å²) < 4.78 is 7.24. The van der Waals surface area contributed by atoms with E-state index in [1.165, 1.54) is 0 Å². The van der Waals surface area contributed by atoms with Gasteiger partial charge in [0, 0.05) is 18.9 Å². The number of para-hydroxylation sites is 1. The smallest absolute Gasteiger partial charge is 0.258 e. The molecule has 0 aliphatic rings. The van der Waals surface area contributed by atoms with Gasteiger partial charge >= 0.3 is 0 Å². The number of carbonyl (C=O) groups is 1. The Morgan fingerprint density at radius 2 is 1.89 bits per heavy atom. The molecule has 6 heteroatoms. The predicted octanol–water partition coefficient (Wildman–Crippen LogP) is 4.01. The molecule has 0 saturated carbocycles. The van der Waals surface area contributed by atoms with E-state index in [2.05, 4.69) is 10.1 Å². The van der Waals surface area contributed by atoms with Crippen molar-refractivity contribution in [2.75, 3.05) is 0 Å². The van der Waals surface area contributed by atoms with Gasteiger partial charge in [-0.2, -0.15) is 5.10 Å². The van der Waals surface area contributed by atoms with E-state index < -0.39 is 0 Å². The third-order valence-electron chi connectivity index (χ3n) is 4.55. The highest BCUT2D eigenvalue weighted by Gasteiger charge is 2.22. The van der Waals surface area contributed by atoms with Gasteiger partial charge in [0.2, 0.25) is 0 Å². The van der Waals surface area contributed by atoms with E-state index in [1.54, 1.807) is 34.4 Å². The first-order valence-electron chi connectivity index (χ1n) is 9.03. The van der Waals surface area contributed by atoms with Crippen molar-refractivity contribution in [2.45, 2.75) is 20.0 Å². The molecule has 4 rings (SSSR count). The Balaban J connectivity index is 1.64. The summed E-state index contributed by atoms with van der Waals surface area (Å²) in [6.07, 6.45) is 6.72. The van der Waals surface area contributed by atoms with Crippen molar-refractivity contribution < 1.29 is 9.21 Å². The third-order valence-corrected chi connectivity index (χ3v) is 4.55. The van der Waals surface area contributed by atoms with Crippen molar-refractivity contribution in [3.63, 3.8) is 0 Å². The van der Waals surface area contributed by atoms with Gasteiger partial charge < -0.3 is 9.32 Å². The average molecular weight is 372 g/mol. The monoisotopic (exact) mass is 372 g/mol. The molecule has 0 N–H and O–H groups in total. The van der Waals surface area contributed by atoms with E-state index in [0.717, 1.165) is 22.7 Å². The third kappa shape index (κ3) is 3.71. The van der Waals surface area contributed by atoms with Crippen molar-refractivity contribution in [3.05, 3.63) is 102 Å². The van der Waals surface area contributed by atoms with Gasteiger partial charge in [-0.05, 0) is 42.8 Å². The van der Waals surface area contributed by atoms with E-state index in [-0.39, 0.29) is 5.91 Å². The fourth-order valence-corrected chi connectivity index (χ4v) is 3.12. The number of benzene rings is 1. The molecule has 0 spiro atoms. The van der Waals surface area contributed by atoms with Crippen molar-refractivity contribution in [1.82, 2.24) is 19.7 Å². The molecule has 0 unspecified atom stereocenters. The molecule has 140 valence electrons. The molecule has 0 aliphatic carbocycles. The van der Waals surface area contributed by atoms with E-state index in [4.69, 9.17) is 4.42 Å². The number of carbonyl (C=O) groups excluding carboxylic acids is 1. The summed E-state index contributed by atoms with van der Waals surface area (Å²) in [7, 11) is 0. The van der Waals surface area contributed by atoms with Crippen LogP contribution in [0, 0.1) is 6.92 Å². The van der Waals surface area contributed by atoms with Crippen LogP contribution in [0.4, 0.5) is 0 Å². The molecule has 0 atom stereocenters. The molecule has 1 amide bonds. The molecule has 3 aromatic heterocycles. The van der Waals surface area contributed by atoms with Crippen LogP contribution in [-0.2, 0) is 13.1 Å². The van der Waals surface area contributed by atoms with Gasteiger partial charge in [-0.15, -0.1) is 0 Å². The van der Waals surface area contributed by atoms with Gasteiger partial charge in [0.25, 0.3) is 5.91 Å². The standard InChI is InChI=1S/C22H20N4O2/c1-17-21(14-24-26(17)19-8-3-2-4-9-19)22(27)25(16-20-10-6-12-28-20)15-18-7-5-11-23-13-18/h2-14H,15-16H2,1H3. The van der Waals surface area contributed by atoms with E-state index >= 15 is 0 Å². The van der Waals surface area contributed by atoms with Crippen LogP contribution in [0.25, 0.3) is 5.69 Å². The maximum absolute atomic E-state index is 13.4. The highest BCUT2D eigenvalue weighted by atomic mass is 16.3. The highest BCUT2D eigenvalue weighted by molar-refractivity contribution is 5.95. The topological polar surface area (TPSA) is 64.2 Å². The molecule has 3 heterocycles. The minimum atomic E-state index is -0.0973. The number of rotatable bonds is 6. The Morgan fingerprint density at radius 3 is 2.61 bits per heavy atom. The normalized spacial score (nSPS) is 10.8. The Kier molecular flexibility index (Phi) is 5.01. The average Bonchev–Trinajstić information content (AvgIpc) is 3.38.